The third-order valence-electron chi connectivity index (χ3n) is 5.80. The topological polar surface area (TPSA) is 104 Å². The van der Waals surface area contributed by atoms with Crippen LogP contribution in [0.5, 0.6) is 11.5 Å². The standard InChI is InChI=1S/C25H17Cl2N5O3/c26-16-7-6-14(10-17(16)27)32-18-4-2-1-3-15(18)21-22(28)30-23(31-24(21)32)25(33)29-11-13-5-8-19-20(9-13)35-12-34-19/h1-10H,11-12H2,(H,29,33)(H2,28,30,31). The second-order valence-corrected chi connectivity index (χ2v) is 8.77. The van der Waals surface area contributed by atoms with Gasteiger partial charge in [0.25, 0.3) is 5.91 Å². The minimum atomic E-state index is -0.456. The smallest absolute Gasteiger partial charge is 0.289 e. The quantitative estimate of drug-likeness (QED) is 0.351. The van der Waals surface area contributed by atoms with Crippen molar-refractivity contribution in [3.05, 3.63) is 82.1 Å². The molecule has 10 heteroatoms. The average Bonchev–Trinajstić information content (AvgIpc) is 3.46. The first-order valence-corrected chi connectivity index (χ1v) is 11.4. The maximum absolute atomic E-state index is 13.0. The lowest BCUT2D eigenvalue weighted by molar-refractivity contribution is 0.0941. The Morgan fingerprint density at radius 3 is 2.69 bits per heavy atom. The van der Waals surface area contributed by atoms with Gasteiger partial charge in [-0.2, -0.15) is 0 Å². The zero-order valence-electron chi connectivity index (χ0n) is 18.1. The number of aromatic nitrogens is 3. The molecule has 6 rings (SSSR count). The molecular weight excluding hydrogens is 489 g/mol. The highest BCUT2D eigenvalue weighted by atomic mass is 35.5. The number of amides is 1. The predicted octanol–water partition coefficient (Wildman–Crippen LogP) is 5.12. The van der Waals surface area contributed by atoms with Gasteiger partial charge in [0.15, 0.2) is 17.1 Å². The van der Waals surface area contributed by atoms with Gasteiger partial charge in [0.05, 0.1) is 20.9 Å². The summed E-state index contributed by atoms with van der Waals surface area (Å²) in [6, 6.07) is 18.5. The van der Waals surface area contributed by atoms with Gasteiger partial charge >= 0.3 is 0 Å². The molecule has 0 unspecified atom stereocenters. The molecular formula is C25H17Cl2N5O3. The molecule has 8 nitrogen and oxygen atoms in total. The van der Waals surface area contributed by atoms with E-state index in [0.29, 0.717) is 32.6 Å². The molecule has 0 radical (unpaired) electrons. The van der Waals surface area contributed by atoms with Crippen molar-refractivity contribution in [1.82, 2.24) is 19.9 Å². The number of anilines is 1. The van der Waals surface area contributed by atoms with E-state index in [2.05, 4.69) is 15.3 Å². The number of nitrogens with two attached hydrogens (primary N) is 1. The fraction of sp³-hybridized carbons (Fsp3) is 0.0800. The van der Waals surface area contributed by atoms with E-state index in [0.717, 1.165) is 22.2 Å². The Labute approximate surface area is 209 Å². The van der Waals surface area contributed by atoms with E-state index in [4.69, 9.17) is 38.4 Å². The molecule has 0 saturated carbocycles. The normalized spacial score (nSPS) is 12.4. The summed E-state index contributed by atoms with van der Waals surface area (Å²) in [6.07, 6.45) is 0. The second kappa shape index (κ2) is 8.33. The Balaban J connectivity index is 1.41. The van der Waals surface area contributed by atoms with E-state index < -0.39 is 5.91 Å². The van der Waals surface area contributed by atoms with Crippen molar-refractivity contribution in [2.24, 2.45) is 0 Å². The third-order valence-corrected chi connectivity index (χ3v) is 6.54. The second-order valence-electron chi connectivity index (χ2n) is 7.95. The number of ether oxygens (including phenoxy) is 2. The highest BCUT2D eigenvalue weighted by Crippen LogP contribution is 2.35. The molecule has 0 aliphatic carbocycles. The van der Waals surface area contributed by atoms with Crippen LogP contribution in [-0.2, 0) is 6.54 Å². The summed E-state index contributed by atoms with van der Waals surface area (Å²) in [7, 11) is 0. The number of nitrogens with zero attached hydrogens (tertiary/aromatic N) is 3. The van der Waals surface area contributed by atoms with Crippen LogP contribution in [0.4, 0.5) is 5.82 Å². The van der Waals surface area contributed by atoms with Crippen molar-refractivity contribution in [3.8, 4) is 17.2 Å². The predicted molar refractivity (Wildman–Crippen MR) is 135 cm³/mol. The number of para-hydroxylation sites is 1. The van der Waals surface area contributed by atoms with Crippen LogP contribution in [0.25, 0.3) is 27.6 Å². The van der Waals surface area contributed by atoms with Gasteiger partial charge in [0.2, 0.25) is 12.6 Å². The lowest BCUT2D eigenvalue weighted by Crippen LogP contribution is -2.25. The number of halogens is 2. The maximum atomic E-state index is 13.0. The number of nitrogens with one attached hydrogen (secondary N) is 1. The zero-order chi connectivity index (χ0) is 24.1. The summed E-state index contributed by atoms with van der Waals surface area (Å²) in [4.78, 5) is 21.9. The molecule has 3 aromatic carbocycles. The van der Waals surface area contributed by atoms with Gasteiger partial charge in [-0.3, -0.25) is 9.36 Å². The molecule has 174 valence electrons. The number of hydrogen-bond acceptors (Lipinski definition) is 6. The molecule has 35 heavy (non-hydrogen) atoms. The molecule has 0 saturated heterocycles. The van der Waals surface area contributed by atoms with Crippen molar-refractivity contribution < 1.29 is 14.3 Å². The Bertz CT molecular complexity index is 1650. The van der Waals surface area contributed by atoms with Gasteiger partial charge in [0, 0.05) is 17.6 Å². The molecule has 0 bridgehead atoms. The van der Waals surface area contributed by atoms with Crippen LogP contribution in [-0.4, -0.2) is 27.2 Å². The summed E-state index contributed by atoms with van der Waals surface area (Å²) < 4.78 is 12.6. The fourth-order valence-corrected chi connectivity index (χ4v) is 4.47. The van der Waals surface area contributed by atoms with Crippen molar-refractivity contribution in [1.29, 1.82) is 0 Å². The van der Waals surface area contributed by atoms with E-state index in [1.54, 1.807) is 18.2 Å². The number of rotatable bonds is 4. The van der Waals surface area contributed by atoms with Gasteiger partial charge in [0.1, 0.15) is 5.82 Å². The van der Waals surface area contributed by atoms with Crippen LogP contribution < -0.4 is 20.5 Å². The number of fused-ring (bicyclic) bond motifs is 4. The van der Waals surface area contributed by atoms with Gasteiger partial charge in [-0.1, -0.05) is 47.5 Å². The van der Waals surface area contributed by atoms with Crippen molar-refractivity contribution in [2.45, 2.75) is 6.54 Å². The van der Waals surface area contributed by atoms with Crippen LogP contribution >= 0.6 is 23.2 Å². The van der Waals surface area contributed by atoms with Crippen molar-refractivity contribution in [2.75, 3.05) is 12.5 Å². The van der Waals surface area contributed by atoms with Crippen LogP contribution in [0.15, 0.2) is 60.7 Å². The molecule has 1 amide bonds. The summed E-state index contributed by atoms with van der Waals surface area (Å²) in [5, 5.41) is 5.20. The van der Waals surface area contributed by atoms with E-state index in [-0.39, 0.29) is 25.0 Å². The van der Waals surface area contributed by atoms with E-state index in [1.807, 2.05) is 47.0 Å². The highest BCUT2D eigenvalue weighted by Gasteiger charge is 2.21. The molecule has 0 spiro atoms. The fourth-order valence-electron chi connectivity index (χ4n) is 4.18. The Morgan fingerprint density at radius 1 is 1.00 bits per heavy atom. The van der Waals surface area contributed by atoms with Crippen LogP contribution in [0.3, 0.4) is 0 Å². The lowest BCUT2D eigenvalue weighted by atomic mass is 10.2. The molecule has 3 N–H and O–H groups in total. The van der Waals surface area contributed by atoms with Crippen LogP contribution in [0.1, 0.15) is 16.2 Å². The van der Waals surface area contributed by atoms with E-state index in [9.17, 15) is 4.79 Å². The van der Waals surface area contributed by atoms with E-state index >= 15 is 0 Å². The highest BCUT2D eigenvalue weighted by molar-refractivity contribution is 6.42. The van der Waals surface area contributed by atoms with Gasteiger partial charge < -0.3 is 20.5 Å². The van der Waals surface area contributed by atoms with Crippen molar-refractivity contribution in [3.63, 3.8) is 0 Å². The van der Waals surface area contributed by atoms with Crippen LogP contribution in [0, 0.1) is 0 Å². The SMILES string of the molecule is Nc1nc(C(=O)NCc2ccc3c(c2)OCO3)nc2c1c1ccccc1n2-c1ccc(Cl)c(Cl)c1. The number of nitrogen functional groups attached to an aromatic ring is 1. The first-order chi connectivity index (χ1) is 17.0. The molecule has 0 atom stereocenters. The minimum absolute atomic E-state index is 0.0418. The van der Waals surface area contributed by atoms with Crippen LogP contribution in [0.2, 0.25) is 10.0 Å². The Hall–Kier alpha value is -4.01. The number of carbonyl (C=O) groups is 1. The first kappa shape index (κ1) is 21.5. The zero-order valence-corrected chi connectivity index (χ0v) is 19.6. The molecule has 3 heterocycles. The van der Waals surface area contributed by atoms with Gasteiger partial charge in [-0.15, -0.1) is 0 Å². The third kappa shape index (κ3) is 3.67. The van der Waals surface area contributed by atoms with Gasteiger partial charge in [-0.05, 0) is 42.0 Å². The molecule has 1 aliphatic rings. The summed E-state index contributed by atoms with van der Waals surface area (Å²) in [6.45, 7) is 0.442. The lowest BCUT2D eigenvalue weighted by Gasteiger charge is -2.10. The largest absolute Gasteiger partial charge is 0.454 e. The number of carbonyl (C=O) groups excluding carboxylic acids is 1. The maximum Gasteiger partial charge on any atom is 0.289 e. The number of hydrogen-bond donors (Lipinski definition) is 2. The molecule has 5 aromatic rings. The van der Waals surface area contributed by atoms with E-state index in [1.165, 1.54) is 0 Å². The van der Waals surface area contributed by atoms with Crippen molar-refractivity contribution >= 4 is 56.9 Å². The average molecular weight is 506 g/mol. The van der Waals surface area contributed by atoms with Gasteiger partial charge in [-0.25, -0.2) is 9.97 Å². The molecule has 0 fully saturated rings. The minimum Gasteiger partial charge on any atom is -0.454 e. The molecule has 2 aromatic heterocycles. The number of benzene rings is 3. The Morgan fingerprint density at radius 2 is 1.83 bits per heavy atom. The monoisotopic (exact) mass is 505 g/mol. The summed E-state index contributed by atoms with van der Waals surface area (Å²) in [5.74, 6) is 1.03. The summed E-state index contributed by atoms with van der Waals surface area (Å²) >= 11 is 12.4. The molecule has 1 aliphatic heterocycles. The Kier molecular flexibility index (Phi) is 5.12. The summed E-state index contributed by atoms with van der Waals surface area (Å²) in [5.41, 5.74) is 9.27. The first-order valence-electron chi connectivity index (χ1n) is 10.7.